The van der Waals surface area contributed by atoms with Crippen molar-refractivity contribution in [1.82, 2.24) is 25.7 Å². The summed E-state index contributed by atoms with van der Waals surface area (Å²) >= 11 is 0. The van der Waals surface area contributed by atoms with Gasteiger partial charge in [0, 0.05) is 24.6 Å². The van der Waals surface area contributed by atoms with Gasteiger partial charge in [0.25, 0.3) is 0 Å². The molecule has 144 valence electrons. The number of rotatable bonds is 3. The lowest BCUT2D eigenvalue weighted by Crippen LogP contribution is -2.57. The summed E-state index contributed by atoms with van der Waals surface area (Å²) in [7, 11) is 0. The van der Waals surface area contributed by atoms with Crippen molar-refractivity contribution >= 4 is 23.5 Å². The second-order valence-corrected chi connectivity index (χ2v) is 7.96. The second-order valence-electron chi connectivity index (χ2n) is 7.96. The van der Waals surface area contributed by atoms with Gasteiger partial charge in [-0.05, 0) is 26.2 Å². The van der Waals surface area contributed by atoms with Crippen LogP contribution in [-0.4, -0.2) is 39.6 Å². The van der Waals surface area contributed by atoms with Gasteiger partial charge in [-0.3, -0.25) is 19.7 Å². The highest BCUT2D eigenvalue weighted by Crippen LogP contribution is 2.26. The van der Waals surface area contributed by atoms with Gasteiger partial charge in [0.05, 0.1) is 5.69 Å². The first-order chi connectivity index (χ1) is 12.0. The minimum atomic E-state index is -0.783. The summed E-state index contributed by atoms with van der Waals surface area (Å²) in [6.07, 6.45) is -0.253. The quantitative estimate of drug-likeness (QED) is 0.587. The molecule has 2 atom stereocenters. The van der Waals surface area contributed by atoms with Crippen LogP contribution in [0.4, 0.5) is 5.82 Å². The molecule has 0 spiro atoms. The van der Waals surface area contributed by atoms with E-state index in [0.717, 1.165) is 0 Å². The second kappa shape index (κ2) is 7.45. The van der Waals surface area contributed by atoms with Gasteiger partial charge in [-0.2, -0.15) is 5.10 Å². The number of anilines is 1. The van der Waals surface area contributed by atoms with Crippen molar-refractivity contribution in [2.75, 3.05) is 5.32 Å². The molecule has 2 unspecified atom stereocenters. The van der Waals surface area contributed by atoms with Gasteiger partial charge in [-0.1, -0.05) is 20.8 Å². The molecule has 1 aromatic rings. The summed E-state index contributed by atoms with van der Waals surface area (Å²) in [6.45, 7) is 11.5. The Kier molecular flexibility index (Phi) is 5.70. The van der Waals surface area contributed by atoms with Crippen LogP contribution in [0.25, 0.3) is 0 Å². The predicted octanol–water partition coefficient (Wildman–Crippen LogP) is 0.635. The zero-order chi connectivity index (χ0) is 19.6. The molecule has 9 nitrogen and oxygen atoms in total. The normalized spacial score (nSPS) is 20.7. The number of carbonyl (C=O) groups excluding carboxylic acids is 3. The third-order valence-electron chi connectivity index (χ3n) is 4.06. The van der Waals surface area contributed by atoms with Crippen LogP contribution < -0.4 is 21.3 Å². The number of nitrogens with one attached hydrogen (secondary N) is 4. The van der Waals surface area contributed by atoms with Crippen molar-refractivity contribution in [3.05, 3.63) is 11.8 Å². The van der Waals surface area contributed by atoms with Gasteiger partial charge in [0.1, 0.15) is 5.82 Å². The minimum absolute atomic E-state index is 0.0569. The SMILES string of the molecule is Cc1cc(NC(=O)C(=O)NC(C)C)n(C2NC(=O)CC(C(C)(C)C)N2)n1. The maximum Gasteiger partial charge on any atom is 0.314 e. The lowest BCUT2D eigenvalue weighted by Gasteiger charge is -2.39. The molecule has 2 heterocycles. The fourth-order valence-corrected chi connectivity index (χ4v) is 2.68. The van der Waals surface area contributed by atoms with Crippen LogP contribution in [0.5, 0.6) is 0 Å². The molecule has 0 radical (unpaired) electrons. The van der Waals surface area contributed by atoms with Crippen LogP contribution in [0, 0.1) is 12.3 Å². The van der Waals surface area contributed by atoms with E-state index in [-0.39, 0.29) is 23.4 Å². The molecule has 9 heteroatoms. The van der Waals surface area contributed by atoms with Gasteiger partial charge < -0.3 is 16.0 Å². The Balaban J connectivity index is 2.21. The first kappa shape index (κ1) is 19.9. The number of nitrogens with zero attached hydrogens (tertiary/aromatic N) is 2. The Bertz CT molecular complexity index is 704. The number of hydrogen-bond donors (Lipinski definition) is 4. The van der Waals surface area contributed by atoms with Gasteiger partial charge in [-0.25, -0.2) is 4.68 Å². The van der Waals surface area contributed by atoms with E-state index in [9.17, 15) is 14.4 Å². The number of hydrogen-bond acceptors (Lipinski definition) is 5. The molecule has 0 saturated carbocycles. The molecule has 1 saturated heterocycles. The zero-order valence-electron chi connectivity index (χ0n) is 16.1. The summed E-state index contributed by atoms with van der Waals surface area (Å²) < 4.78 is 1.48. The largest absolute Gasteiger partial charge is 0.346 e. The highest BCUT2D eigenvalue weighted by atomic mass is 16.2. The van der Waals surface area contributed by atoms with Gasteiger partial charge in [0.15, 0.2) is 6.29 Å². The molecule has 4 N–H and O–H groups in total. The van der Waals surface area contributed by atoms with Crippen molar-refractivity contribution in [2.45, 2.75) is 66.3 Å². The van der Waals surface area contributed by atoms with E-state index >= 15 is 0 Å². The predicted molar refractivity (Wildman–Crippen MR) is 97.0 cm³/mol. The fourth-order valence-electron chi connectivity index (χ4n) is 2.68. The first-order valence-electron chi connectivity index (χ1n) is 8.71. The van der Waals surface area contributed by atoms with Crippen molar-refractivity contribution in [2.24, 2.45) is 5.41 Å². The lowest BCUT2D eigenvalue weighted by atomic mass is 9.84. The van der Waals surface area contributed by atoms with Crippen molar-refractivity contribution in [3.63, 3.8) is 0 Å². The summed E-state index contributed by atoms with van der Waals surface area (Å²) in [5, 5.41) is 15.6. The molecular weight excluding hydrogens is 336 g/mol. The molecule has 1 aromatic heterocycles. The molecular formula is C17H28N6O3. The number of aromatic nitrogens is 2. The van der Waals surface area contributed by atoms with Crippen molar-refractivity contribution in [3.8, 4) is 0 Å². The third kappa shape index (κ3) is 4.81. The molecule has 1 aliphatic rings. The smallest absolute Gasteiger partial charge is 0.314 e. The minimum Gasteiger partial charge on any atom is -0.346 e. The Morgan fingerprint density at radius 3 is 2.54 bits per heavy atom. The Labute approximate surface area is 153 Å². The van der Waals surface area contributed by atoms with Crippen LogP contribution in [-0.2, 0) is 14.4 Å². The van der Waals surface area contributed by atoms with E-state index in [1.54, 1.807) is 26.8 Å². The third-order valence-corrected chi connectivity index (χ3v) is 4.06. The van der Waals surface area contributed by atoms with Gasteiger partial charge in [-0.15, -0.1) is 0 Å². The van der Waals surface area contributed by atoms with Crippen LogP contribution >= 0.6 is 0 Å². The molecule has 0 bridgehead atoms. The topological polar surface area (TPSA) is 117 Å². The lowest BCUT2D eigenvalue weighted by molar-refractivity contribution is -0.136. The summed E-state index contributed by atoms with van der Waals surface area (Å²) in [6, 6.07) is 1.44. The van der Waals surface area contributed by atoms with Crippen LogP contribution in [0.2, 0.25) is 0 Å². The van der Waals surface area contributed by atoms with Gasteiger partial charge in [0.2, 0.25) is 5.91 Å². The van der Waals surface area contributed by atoms with Crippen LogP contribution in [0.1, 0.15) is 53.0 Å². The average Bonchev–Trinajstić information content (AvgIpc) is 2.85. The molecule has 1 aliphatic heterocycles. The molecule has 3 amide bonds. The fraction of sp³-hybridized carbons (Fsp3) is 0.647. The van der Waals surface area contributed by atoms with Crippen molar-refractivity contribution in [1.29, 1.82) is 0 Å². The van der Waals surface area contributed by atoms with E-state index in [4.69, 9.17) is 0 Å². The van der Waals surface area contributed by atoms with Crippen molar-refractivity contribution < 1.29 is 14.4 Å². The molecule has 0 aliphatic carbocycles. The molecule has 1 fully saturated rings. The van der Waals surface area contributed by atoms with E-state index in [1.807, 2.05) is 20.8 Å². The monoisotopic (exact) mass is 364 g/mol. The standard InChI is InChI=1S/C17H28N6O3/c1-9(2)18-14(25)15(26)20-12-7-10(3)22-23(12)16-19-11(17(4,5)6)8-13(24)21-16/h7,9,11,16,19H,8H2,1-6H3,(H,18,25)(H,20,26)(H,21,24). The van der Waals surface area contributed by atoms with Crippen LogP contribution in [0.3, 0.4) is 0 Å². The summed E-state index contributed by atoms with van der Waals surface area (Å²) in [5.41, 5.74) is 0.525. The molecule has 2 rings (SSSR count). The Hall–Kier alpha value is -2.42. The van der Waals surface area contributed by atoms with E-state index in [2.05, 4.69) is 26.4 Å². The maximum absolute atomic E-state index is 12.1. The van der Waals surface area contributed by atoms with E-state index in [1.165, 1.54) is 4.68 Å². The molecule has 26 heavy (non-hydrogen) atoms. The number of aryl methyl sites for hydroxylation is 1. The Morgan fingerprint density at radius 2 is 1.96 bits per heavy atom. The number of amides is 3. The van der Waals surface area contributed by atoms with E-state index < -0.39 is 18.1 Å². The highest BCUT2D eigenvalue weighted by molar-refractivity contribution is 6.39. The van der Waals surface area contributed by atoms with E-state index in [0.29, 0.717) is 17.9 Å². The summed E-state index contributed by atoms with van der Waals surface area (Å²) in [5.74, 6) is -1.27. The average molecular weight is 364 g/mol. The summed E-state index contributed by atoms with van der Waals surface area (Å²) in [4.78, 5) is 36.1. The Morgan fingerprint density at radius 1 is 1.31 bits per heavy atom. The van der Waals surface area contributed by atoms with Gasteiger partial charge >= 0.3 is 11.8 Å². The zero-order valence-corrected chi connectivity index (χ0v) is 16.1. The maximum atomic E-state index is 12.1. The molecule has 0 aromatic carbocycles. The highest BCUT2D eigenvalue weighted by Gasteiger charge is 2.35. The first-order valence-corrected chi connectivity index (χ1v) is 8.71. The number of carbonyl (C=O) groups is 3. The van der Waals surface area contributed by atoms with Crippen LogP contribution in [0.15, 0.2) is 6.07 Å².